The Hall–Kier alpha value is -2.83. The van der Waals surface area contributed by atoms with Gasteiger partial charge in [-0.2, -0.15) is 5.26 Å². The molecule has 0 aliphatic rings. The van der Waals surface area contributed by atoms with Gasteiger partial charge in [0.25, 0.3) is 0 Å². The molecule has 3 rings (SSSR count). The second-order valence-corrected chi connectivity index (χ2v) is 16.3. The summed E-state index contributed by atoms with van der Waals surface area (Å²) in [6, 6.07) is 25.6. The maximum Gasteiger partial charge on any atom is 0.123 e. The molecule has 172 valence electrons. The molecule has 33 heavy (non-hydrogen) atoms. The van der Waals surface area contributed by atoms with Crippen LogP contribution in [0.15, 0.2) is 66.7 Å². The molecule has 1 N–H and O–H groups in total. The number of nitriles is 1. The van der Waals surface area contributed by atoms with Crippen LogP contribution in [0.1, 0.15) is 74.9 Å². The molecular formula is C30H37NOSi. The van der Waals surface area contributed by atoms with Gasteiger partial charge < -0.3 is 5.11 Å². The van der Waals surface area contributed by atoms with Crippen molar-refractivity contribution in [3.05, 3.63) is 94.5 Å². The summed E-state index contributed by atoms with van der Waals surface area (Å²) in [7, 11) is -2.06. The Morgan fingerprint density at radius 1 is 0.758 bits per heavy atom. The minimum atomic E-state index is -2.06. The number of hydrogen-bond donors (Lipinski definition) is 1. The molecule has 0 aliphatic heterocycles. The average Bonchev–Trinajstić information content (AvgIpc) is 2.74. The molecule has 0 saturated heterocycles. The molecule has 0 aromatic heterocycles. The monoisotopic (exact) mass is 455 g/mol. The predicted octanol–water partition coefficient (Wildman–Crippen LogP) is 7.15. The van der Waals surface area contributed by atoms with Crippen LogP contribution < -0.4 is 5.19 Å². The van der Waals surface area contributed by atoms with E-state index in [0.717, 1.165) is 11.1 Å². The Balaban J connectivity index is 2.36. The van der Waals surface area contributed by atoms with Crippen molar-refractivity contribution in [3.8, 4) is 11.8 Å². The van der Waals surface area contributed by atoms with Crippen LogP contribution in [0, 0.1) is 11.3 Å². The first-order valence-electron chi connectivity index (χ1n) is 11.7. The number of phenolic OH excluding ortho intramolecular Hbond substituents is 1. The minimum Gasteiger partial charge on any atom is -0.507 e. The Morgan fingerprint density at radius 2 is 1.24 bits per heavy atom. The minimum absolute atomic E-state index is 0.176. The quantitative estimate of drug-likeness (QED) is 0.425. The van der Waals surface area contributed by atoms with Crippen molar-refractivity contribution in [2.24, 2.45) is 0 Å². The Labute approximate surface area is 200 Å². The Morgan fingerprint density at radius 3 is 1.67 bits per heavy atom. The highest BCUT2D eigenvalue weighted by Gasteiger charge is 2.38. The van der Waals surface area contributed by atoms with Crippen molar-refractivity contribution in [2.75, 3.05) is 0 Å². The highest BCUT2D eigenvalue weighted by atomic mass is 28.3. The van der Waals surface area contributed by atoms with Crippen molar-refractivity contribution in [2.45, 2.75) is 71.0 Å². The fourth-order valence-corrected chi connectivity index (χ4v) is 8.19. The van der Waals surface area contributed by atoms with Crippen molar-refractivity contribution in [1.82, 2.24) is 0 Å². The third-order valence-corrected chi connectivity index (χ3v) is 10.6. The molecular weight excluding hydrogens is 418 g/mol. The van der Waals surface area contributed by atoms with Gasteiger partial charge in [0.1, 0.15) is 5.75 Å². The number of benzene rings is 3. The fourth-order valence-electron chi connectivity index (χ4n) is 4.78. The Bertz CT molecular complexity index is 1120. The van der Waals surface area contributed by atoms with E-state index in [1.165, 1.54) is 16.3 Å². The number of rotatable bonds is 4. The standard InChI is InChI=1S/C30H37NOSi/c1-29(2,3)25-18-23(19-26(27(25)32)30(4,5)6)28(22-16-14-21(20-31)15-17-22)33(7,8)24-12-10-9-11-13-24/h9-19,28,32H,1-8H3. The van der Waals surface area contributed by atoms with Crippen LogP contribution >= 0.6 is 0 Å². The maximum atomic E-state index is 11.3. The van der Waals surface area contributed by atoms with Crippen LogP contribution in [0.4, 0.5) is 0 Å². The van der Waals surface area contributed by atoms with Crippen LogP contribution in [-0.2, 0) is 10.8 Å². The van der Waals surface area contributed by atoms with Gasteiger partial charge in [-0.15, -0.1) is 0 Å². The molecule has 3 aromatic carbocycles. The number of hydrogen-bond acceptors (Lipinski definition) is 2. The van der Waals surface area contributed by atoms with Gasteiger partial charge in [0.15, 0.2) is 0 Å². The molecule has 0 spiro atoms. The SMILES string of the molecule is CC(C)(C)c1cc(C(c2ccc(C#N)cc2)[Si](C)(C)c2ccccc2)cc(C(C)(C)C)c1O. The summed E-state index contributed by atoms with van der Waals surface area (Å²) >= 11 is 0. The summed E-state index contributed by atoms with van der Waals surface area (Å²) in [5.74, 6) is 0.413. The molecule has 0 heterocycles. The average molecular weight is 456 g/mol. The highest BCUT2D eigenvalue weighted by molar-refractivity contribution is 6.91. The van der Waals surface area contributed by atoms with Crippen molar-refractivity contribution in [3.63, 3.8) is 0 Å². The van der Waals surface area contributed by atoms with Crippen LogP contribution in [0.2, 0.25) is 13.1 Å². The first kappa shape index (κ1) is 24.8. The van der Waals surface area contributed by atoms with E-state index in [4.69, 9.17) is 0 Å². The lowest BCUT2D eigenvalue weighted by Gasteiger charge is -2.36. The lowest BCUT2D eigenvalue weighted by molar-refractivity contribution is 0.422. The summed E-state index contributed by atoms with van der Waals surface area (Å²) in [5.41, 5.74) is 4.92. The van der Waals surface area contributed by atoms with Crippen molar-refractivity contribution in [1.29, 1.82) is 5.26 Å². The normalized spacial score (nSPS) is 13.4. The van der Waals surface area contributed by atoms with Gasteiger partial charge in [-0.25, -0.2) is 0 Å². The van der Waals surface area contributed by atoms with Crippen LogP contribution in [0.3, 0.4) is 0 Å². The first-order valence-corrected chi connectivity index (χ1v) is 14.8. The third kappa shape index (κ3) is 5.07. The topological polar surface area (TPSA) is 44.0 Å². The smallest absolute Gasteiger partial charge is 0.123 e. The lowest BCUT2D eigenvalue weighted by Crippen LogP contribution is -2.48. The molecule has 3 heteroatoms. The van der Waals surface area contributed by atoms with Gasteiger partial charge in [0.05, 0.1) is 19.7 Å². The molecule has 1 atom stereocenters. The molecule has 2 nitrogen and oxygen atoms in total. The summed E-state index contributed by atoms with van der Waals surface area (Å²) in [6.07, 6.45) is 0. The van der Waals surface area contributed by atoms with Gasteiger partial charge in [0.2, 0.25) is 0 Å². The zero-order valence-corrected chi connectivity index (χ0v) is 22.3. The largest absolute Gasteiger partial charge is 0.507 e. The number of nitrogens with zero attached hydrogens (tertiary/aromatic N) is 1. The van der Waals surface area contributed by atoms with Gasteiger partial charge >= 0.3 is 0 Å². The van der Waals surface area contributed by atoms with Gasteiger partial charge in [-0.3, -0.25) is 0 Å². The lowest BCUT2D eigenvalue weighted by atomic mass is 9.78. The second-order valence-electron chi connectivity index (χ2n) is 11.7. The number of phenols is 1. The maximum absolute atomic E-state index is 11.3. The molecule has 0 bridgehead atoms. The molecule has 0 fully saturated rings. The number of aromatic hydroxyl groups is 1. The zero-order chi connectivity index (χ0) is 24.6. The van der Waals surface area contributed by atoms with E-state index in [1.807, 2.05) is 12.1 Å². The van der Waals surface area contributed by atoms with Crippen LogP contribution in [0.25, 0.3) is 0 Å². The zero-order valence-electron chi connectivity index (χ0n) is 21.3. The second kappa shape index (κ2) is 8.84. The van der Waals surface area contributed by atoms with Gasteiger partial charge in [-0.1, -0.05) is 114 Å². The van der Waals surface area contributed by atoms with Crippen LogP contribution in [0.5, 0.6) is 5.75 Å². The van der Waals surface area contributed by atoms with E-state index in [9.17, 15) is 10.4 Å². The summed E-state index contributed by atoms with van der Waals surface area (Å²) in [4.78, 5) is 0. The van der Waals surface area contributed by atoms with E-state index in [1.54, 1.807) is 0 Å². The van der Waals surface area contributed by atoms with Crippen LogP contribution in [-0.4, -0.2) is 13.2 Å². The predicted molar refractivity (Wildman–Crippen MR) is 142 cm³/mol. The van der Waals surface area contributed by atoms with Crippen molar-refractivity contribution >= 4 is 13.3 Å². The highest BCUT2D eigenvalue weighted by Crippen LogP contribution is 2.44. The summed E-state index contributed by atoms with van der Waals surface area (Å²) in [6.45, 7) is 17.8. The Kier molecular flexibility index (Phi) is 6.64. The van der Waals surface area contributed by atoms with Crippen molar-refractivity contribution < 1.29 is 5.11 Å². The molecule has 0 radical (unpaired) electrons. The summed E-state index contributed by atoms with van der Waals surface area (Å²) < 4.78 is 0. The molecule has 1 unspecified atom stereocenters. The van der Waals surface area contributed by atoms with E-state index in [0.29, 0.717) is 11.3 Å². The summed E-state index contributed by atoms with van der Waals surface area (Å²) in [5, 5.41) is 22.0. The third-order valence-electron chi connectivity index (χ3n) is 6.69. The molecule has 0 saturated carbocycles. The van der Waals surface area contributed by atoms with E-state index in [-0.39, 0.29) is 16.4 Å². The molecule has 0 amide bonds. The first-order chi connectivity index (χ1) is 15.3. The van der Waals surface area contributed by atoms with Gasteiger partial charge in [0, 0.05) is 5.54 Å². The van der Waals surface area contributed by atoms with E-state index in [2.05, 4.69) is 115 Å². The molecule has 3 aromatic rings. The molecule has 0 aliphatic carbocycles. The fraction of sp³-hybridized carbons (Fsp3) is 0.367. The van der Waals surface area contributed by atoms with E-state index < -0.39 is 8.07 Å². The van der Waals surface area contributed by atoms with E-state index >= 15 is 0 Å². The van der Waals surface area contributed by atoms with Gasteiger partial charge in [-0.05, 0) is 45.2 Å².